The second-order valence-electron chi connectivity index (χ2n) is 8.81. The number of pyridine rings is 1. The van der Waals surface area contributed by atoms with Gasteiger partial charge in [-0.1, -0.05) is 30.3 Å². The molecule has 0 spiro atoms. The first-order valence-electron chi connectivity index (χ1n) is 11.5. The third kappa shape index (κ3) is 4.22. The third-order valence-electron chi connectivity index (χ3n) is 6.56. The highest BCUT2D eigenvalue weighted by atomic mass is 16.2. The van der Waals surface area contributed by atoms with Gasteiger partial charge < -0.3 is 9.80 Å². The molecule has 1 fully saturated rings. The summed E-state index contributed by atoms with van der Waals surface area (Å²) in [7, 11) is 0. The Hall–Kier alpha value is -3.28. The van der Waals surface area contributed by atoms with Crippen LogP contribution in [0.15, 0.2) is 54.9 Å². The maximum atomic E-state index is 13.0. The number of benzene rings is 1. The Labute approximate surface area is 189 Å². The number of amides is 1. The van der Waals surface area contributed by atoms with Crippen molar-refractivity contribution in [1.29, 1.82) is 0 Å². The Morgan fingerprint density at radius 3 is 2.75 bits per heavy atom. The summed E-state index contributed by atoms with van der Waals surface area (Å²) in [5.74, 6) is 2.17. The summed E-state index contributed by atoms with van der Waals surface area (Å²) < 4.78 is 0. The normalized spacial score (nSPS) is 18.3. The summed E-state index contributed by atoms with van der Waals surface area (Å²) in [6.07, 6.45) is 7.47. The molecule has 1 atom stereocenters. The minimum Gasteiger partial charge on any atom is -0.352 e. The molecule has 4 heterocycles. The SMILES string of the molecule is Cc1nc([C@H]2CCCN(C(=O)c3cccnc3)C2)nc2c1CCCN2Cc1ccccc1. The first kappa shape index (κ1) is 20.6. The van der Waals surface area contributed by atoms with Gasteiger partial charge in [-0.05, 0) is 50.3 Å². The zero-order valence-corrected chi connectivity index (χ0v) is 18.6. The number of aromatic nitrogens is 3. The van der Waals surface area contributed by atoms with Crippen molar-refractivity contribution in [3.63, 3.8) is 0 Å². The van der Waals surface area contributed by atoms with E-state index >= 15 is 0 Å². The van der Waals surface area contributed by atoms with E-state index in [-0.39, 0.29) is 11.8 Å². The molecule has 0 unspecified atom stereocenters. The number of carbonyl (C=O) groups is 1. The van der Waals surface area contributed by atoms with Crippen LogP contribution in [0, 0.1) is 6.92 Å². The average molecular weight is 428 g/mol. The van der Waals surface area contributed by atoms with Gasteiger partial charge in [-0.2, -0.15) is 0 Å². The molecule has 5 rings (SSSR count). The lowest BCUT2D eigenvalue weighted by molar-refractivity contribution is 0.0704. The van der Waals surface area contributed by atoms with Crippen LogP contribution in [-0.4, -0.2) is 45.4 Å². The number of nitrogens with zero attached hydrogens (tertiary/aromatic N) is 5. The van der Waals surface area contributed by atoms with Crippen molar-refractivity contribution in [2.75, 3.05) is 24.5 Å². The zero-order chi connectivity index (χ0) is 21.9. The molecule has 1 amide bonds. The summed E-state index contributed by atoms with van der Waals surface area (Å²) in [4.78, 5) is 31.4. The largest absolute Gasteiger partial charge is 0.352 e. The summed E-state index contributed by atoms with van der Waals surface area (Å²) in [5.41, 5.74) is 4.29. The van der Waals surface area contributed by atoms with Crippen molar-refractivity contribution in [3.05, 3.63) is 83.1 Å². The summed E-state index contributed by atoms with van der Waals surface area (Å²) in [6.45, 7) is 5.41. The topological polar surface area (TPSA) is 62.2 Å². The molecule has 1 aromatic carbocycles. The van der Waals surface area contributed by atoms with E-state index < -0.39 is 0 Å². The molecule has 0 aliphatic carbocycles. The van der Waals surface area contributed by atoms with E-state index in [1.807, 2.05) is 17.0 Å². The number of fused-ring (bicyclic) bond motifs is 1. The number of carbonyl (C=O) groups excluding carboxylic acids is 1. The molecule has 2 aliphatic heterocycles. The van der Waals surface area contributed by atoms with Crippen LogP contribution in [0.1, 0.15) is 58.2 Å². The summed E-state index contributed by atoms with van der Waals surface area (Å²) in [6, 6.07) is 14.2. The van der Waals surface area contributed by atoms with Gasteiger partial charge in [-0.15, -0.1) is 0 Å². The number of anilines is 1. The zero-order valence-electron chi connectivity index (χ0n) is 18.6. The van der Waals surface area contributed by atoms with Crippen LogP contribution in [0.2, 0.25) is 0 Å². The Bertz CT molecular complexity index is 1090. The van der Waals surface area contributed by atoms with E-state index in [1.54, 1.807) is 12.4 Å². The Morgan fingerprint density at radius 1 is 1.06 bits per heavy atom. The quantitative estimate of drug-likeness (QED) is 0.626. The molecular formula is C26H29N5O. The number of rotatable bonds is 4. The second kappa shape index (κ2) is 9.07. The molecule has 6 nitrogen and oxygen atoms in total. The molecule has 164 valence electrons. The maximum Gasteiger partial charge on any atom is 0.255 e. The lowest BCUT2D eigenvalue weighted by atomic mass is 9.95. The number of hydrogen-bond donors (Lipinski definition) is 0. The van der Waals surface area contributed by atoms with Crippen molar-refractivity contribution in [2.45, 2.75) is 45.1 Å². The molecule has 6 heteroatoms. The smallest absolute Gasteiger partial charge is 0.255 e. The van der Waals surface area contributed by atoms with Gasteiger partial charge in [-0.25, -0.2) is 9.97 Å². The number of hydrogen-bond acceptors (Lipinski definition) is 5. The minimum atomic E-state index is 0.0446. The first-order chi connectivity index (χ1) is 15.7. The number of aryl methyl sites for hydroxylation is 1. The fraction of sp³-hybridized carbons (Fsp3) is 0.385. The molecule has 2 aromatic heterocycles. The van der Waals surface area contributed by atoms with Crippen LogP contribution >= 0.6 is 0 Å². The monoisotopic (exact) mass is 427 g/mol. The van der Waals surface area contributed by atoms with Crippen LogP contribution in [0.5, 0.6) is 0 Å². The van der Waals surface area contributed by atoms with Gasteiger partial charge in [0.25, 0.3) is 5.91 Å². The molecule has 2 aliphatic rings. The number of likely N-dealkylation sites (tertiary alicyclic amines) is 1. The van der Waals surface area contributed by atoms with Gasteiger partial charge in [0.2, 0.25) is 0 Å². The van der Waals surface area contributed by atoms with Gasteiger partial charge in [0.1, 0.15) is 11.6 Å². The van der Waals surface area contributed by atoms with Crippen LogP contribution in [0.3, 0.4) is 0 Å². The molecule has 0 N–H and O–H groups in total. The summed E-state index contributed by atoms with van der Waals surface area (Å²) in [5, 5.41) is 0. The van der Waals surface area contributed by atoms with Gasteiger partial charge in [0, 0.05) is 55.7 Å². The summed E-state index contributed by atoms with van der Waals surface area (Å²) >= 11 is 0. The fourth-order valence-corrected chi connectivity index (χ4v) is 4.89. The van der Waals surface area contributed by atoms with Gasteiger partial charge in [0.05, 0.1) is 5.56 Å². The van der Waals surface area contributed by atoms with Crippen molar-refractivity contribution in [2.24, 2.45) is 0 Å². The van der Waals surface area contributed by atoms with Crippen LogP contribution in [0.4, 0.5) is 5.82 Å². The van der Waals surface area contributed by atoms with Gasteiger partial charge in [-0.3, -0.25) is 9.78 Å². The molecule has 0 saturated carbocycles. The standard InChI is InChI=1S/C26H29N5O/c1-19-23-12-7-14-30(17-20-8-3-2-4-9-20)25(23)29-24(28-19)22-11-6-15-31(18-22)26(32)21-10-5-13-27-16-21/h2-5,8-10,13,16,22H,6-7,11-12,14-15,17-18H2,1H3/t22-/m0/s1. The van der Waals surface area contributed by atoms with Gasteiger partial charge in [0.15, 0.2) is 0 Å². The average Bonchev–Trinajstić information content (AvgIpc) is 2.85. The van der Waals surface area contributed by atoms with E-state index in [0.29, 0.717) is 12.1 Å². The second-order valence-corrected chi connectivity index (χ2v) is 8.81. The van der Waals surface area contributed by atoms with Crippen molar-refractivity contribution >= 4 is 11.7 Å². The highest BCUT2D eigenvalue weighted by Crippen LogP contribution is 2.32. The van der Waals surface area contributed by atoms with E-state index in [4.69, 9.17) is 9.97 Å². The van der Waals surface area contributed by atoms with Crippen LogP contribution in [-0.2, 0) is 13.0 Å². The molecule has 0 radical (unpaired) electrons. The van der Waals surface area contributed by atoms with Crippen molar-refractivity contribution < 1.29 is 4.79 Å². The Kier molecular flexibility index (Phi) is 5.84. The van der Waals surface area contributed by atoms with E-state index in [9.17, 15) is 4.79 Å². The molecule has 1 saturated heterocycles. The van der Waals surface area contributed by atoms with E-state index in [0.717, 1.165) is 62.7 Å². The minimum absolute atomic E-state index is 0.0446. The Balaban J connectivity index is 1.40. The lowest BCUT2D eigenvalue weighted by Gasteiger charge is -2.34. The third-order valence-corrected chi connectivity index (χ3v) is 6.56. The predicted molar refractivity (Wildman–Crippen MR) is 125 cm³/mol. The Morgan fingerprint density at radius 2 is 1.94 bits per heavy atom. The van der Waals surface area contributed by atoms with Crippen molar-refractivity contribution in [3.8, 4) is 0 Å². The highest BCUT2D eigenvalue weighted by molar-refractivity contribution is 5.94. The predicted octanol–water partition coefficient (Wildman–Crippen LogP) is 4.15. The van der Waals surface area contributed by atoms with Gasteiger partial charge >= 0.3 is 0 Å². The van der Waals surface area contributed by atoms with E-state index in [1.165, 1.54) is 11.1 Å². The maximum absolute atomic E-state index is 13.0. The number of piperidine rings is 1. The first-order valence-corrected chi connectivity index (χ1v) is 11.5. The molecular weight excluding hydrogens is 398 g/mol. The van der Waals surface area contributed by atoms with Crippen molar-refractivity contribution in [1.82, 2.24) is 19.9 Å². The highest BCUT2D eigenvalue weighted by Gasteiger charge is 2.30. The fourth-order valence-electron chi connectivity index (χ4n) is 4.89. The molecule has 0 bridgehead atoms. The van der Waals surface area contributed by atoms with E-state index in [2.05, 4.69) is 47.1 Å². The van der Waals surface area contributed by atoms with Crippen LogP contribution in [0.25, 0.3) is 0 Å². The molecule has 3 aromatic rings. The molecule has 32 heavy (non-hydrogen) atoms. The van der Waals surface area contributed by atoms with Crippen LogP contribution < -0.4 is 4.90 Å². The lowest BCUT2D eigenvalue weighted by Crippen LogP contribution is -2.40.